The van der Waals surface area contributed by atoms with E-state index in [0.717, 1.165) is 5.56 Å². The summed E-state index contributed by atoms with van der Waals surface area (Å²) in [5.74, 6) is -0.413. The summed E-state index contributed by atoms with van der Waals surface area (Å²) in [6, 6.07) is 9.47. The van der Waals surface area contributed by atoms with Crippen molar-refractivity contribution in [2.75, 3.05) is 6.61 Å². The molecule has 0 aliphatic carbocycles. The number of guanidine groups is 1. The highest BCUT2D eigenvalue weighted by Gasteiger charge is 1.98. The molecule has 0 spiro atoms. The van der Waals surface area contributed by atoms with Gasteiger partial charge in [-0.1, -0.05) is 30.3 Å². The van der Waals surface area contributed by atoms with Gasteiger partial charge in [-0.2, -0.15) is 0 Å². The third-order valence-electron chi connectivity index (χ3n) is 1.77. The minimum absolute atomic E-state index is 0.0606. The van der Waals surface area contributed by atoms with Crippen LogP contribution in [0.1, 0.15) is 12.5 Å². The van der Waals surface area contributed by atoms with E-state index in [-0.39, 0.29) is 11.9 Å². The first-order valence-corrected chi connectivity index (χ1v) is 5.22. The van der Waals surface area contributed by atoms with Gasteiger partial charge in [-0.25, -0.2) is 0 Å². The largest absolute Gasteiger partial charge is 0.393 e. The molecule has 1 aromatic rings. The lowest BCUT2D eigenvalue weighted by atomic mass is 10.2. The van der Waals surface area contributed by atoms with Gasteiger partial charge in [0.05, 0.1) is 0 Å². The maximum atomic E-state index is 11.4. The Hall–Kier alpha value is -2.30. The number of nitrogens with one attached hydrogen (secondary N) is 1. The van der Waals surface area contributed by atoms with Crippen molar-refractivity contribution in [1.82, 2.24) is 5.32 Å². The Kier molecular flexibility index (Phi) is 5.30. The van der Waals surface area contributed by atoms with Crippen molar-refractivity contribution >= 4 is 17.9 Å². The maximum absolute atomic E-state index is 11.4. The lowest BCUT2D eigenvalue weighted by molar-refractivity contribution is -0.115. The summed E-state index contributed by atoms with van der Waals surface area (Å²) in [5.41, 5.74) is 6.32. The van der Waals surface area contributed by atoms with Crippen LogP contribution in [0.5, 0.6) is 0 Å². The van der Waals surface area contributed by atoms with E-state index in [1.807, 2.05) is 30.3 Å². The van der Waals surface area contributed by atoms with Crippen LogP contribution in [0, 0.1) is 0 Å². The number of hydrogen-bond donors (Lipinski definition) is 2. The highest BCUT2D eigenvalue weighted by molar-refractivity contribution is 6.03. The predicted octanol–water partition coefficient (Wildman–Crippen LogP) is 1.08. The highest BCUT2D eigenvalue weighted by atomic mass is 16.6. The molecular weight excluding hydrogens is 218 g/mol. The second kappa shape index (κ2) is 7.05. The average molecular weight is 233 g/mol. The number of rotatable bonds is 4. The first kappa shape index (κ1) is 12.8. The zero-order valence-electron chi connectivity index (χ0n) is 9.59. The van der Waals surface area contributed by atoms with Crippen molar-refractivity contribution in [3.8, 4) is 0 Å². The Balaban J connectivity index is 2.47. The molecule has 17 heavy (non-hydrogen) atoms. The number of nitrogens with zero attached hydrogens (tertiary/aromatic N) is 1. The molecule has 0 radical (unpaired) electrons. The third-order valence-corrected chi connectivity index (χ3v) is 1.77. The Morgan fingerprint density at radius 2 is 2.18 bits per heavy atom. The van der Waals surface area contributed by atoms with E-state index < -0.39 is 0 Å². The number of amides is 1. The minimum Gasteiger partial charge on any atom is -0.393 e. The molecule has 0 aromatic heterocycles. The first-order chi connectivity index (χ1) is 8.22. The third kappa shape index (κ3) is 5.36. The second-order valence-electron chi connectivity index (χ2n) is 3.13. The van der Waals surface area contributed by atoms with Gasteiger partial charge < -0.3 is 10.6 Å². The van der Waals surface area contributed by atoms with Crippen LogP contribution < -0.4 is 11.1 Å². The summed E-state index contributed by atoms with van der Waals surface area (Å²) < 4.78 is 0. The molecule has 0 fully saturated rings. The molecule has 1 rings (SSSR count). The highest BCUT2D eigenvalue weighted by Crippen LogP contribution is 2.00. The zero-order valence-corrected chi connectivity index (χ0v) is 9.59. The molecule has 5 heteroatoms. The topological polar surface area (TPSA) is 76.7 Å². The summed E-state index contributed by atoms with van der Waals surface area (Å²) >= 11 is 0. The van der Waals surface area contributed by atoms with Gasteiger partial charge in [0.15, 0.2) is 0 Å². The number of nitrogens with two attached hydrogens (primary N) is 1. The molecule has 3 N–H and O–H groups in total. The van der Waals surface area contributed by atoms with E-state index in [0.29, 0.717) is 6.61 Å². The number of carbonyl (C=O) groups is 1. The fraction of sp³-hybridized carbons (Fsp3) is 0.167. The molecule has 0 saturated carbocycles. The molecule has 90 valence electrons. The van der Waals surface area contributed by atoms with E-state index in [1.54, 1.807) is 13.0 Å². The first-order valence-electron chi connectivity index (χ1n) is 5.22. The Labute approximate surface area is 99.9 Å². The number of oxime groups is 1. The quantitative estimate of drug-likeness (QED) is 0.353. The lowest BCUT2D eigenvalue weighted by Crippen LogP contribution is -2.35. The fourth-order valence-corrected chi connectivity index (χ4v) is 1.06. The fourth-order valence-electron chi connectivity index (χ4n) is 1.06. The van der Waals surface area contributed by atoms with Crippen molar-refractivity contribution in [3.63, 3.8) is 0 Å². The van der Waals surface area contributed by atoms with Crippen LogP contribution in [-0.2, 0) is 9.63 Å². The summed E-state index contributed by atoms with van der Waals surface area (Å²) in [4.78, 5) is 16.1. The van der Waals surface area contributed by atoms with Gasteiger partial charge in [-0.15, -0.1) is 0 Å². The number of hydrogen-bond acceptors (Lipinski definition) is 3. The number of carbonyl (C=O) groups excluding carboxylic acids is 1. The van der Waals surface area contributed by atoms with Gasteiger partial charge in [0.2, 0.25) is 5.96 Å². The van der Waals surface area contributed by atoms with Crippen LogP contribution in [-0.4, -0.2) is 18.5 Å². The van der Waals surface area contributed by atoms with E-state index in [1.165, 1.54) is 6.08 Å². The molecule has 0 aliphatic rings. The zero-order chi connectivity index (χ0) is 12.5. The average Bonchev–Trinajstić information content (AvgIpc) is 2.35. The van der Waals surface area contributed by atoms with Crippen LogP contribution in [0.3, 0.4) is 0 Å². The standard InChI is InChI=1S/C12H15N3O2/c1-2-17-15-12(13)14-11(16)9-8-10-6-4-3-5-7-10/h3-9H,2H2,1H3,(H3,13,14,15,16). The summed E-state index contributed by atoms with van der Waals surface area (Å²) in [5, 5.41) is 5.83. The SMILES string of the molecule is CCON=C(N)NC(=O)C=Cc1ccccc1. The van der Waals surface area contributed by atoms with Gasteiger partial charge in [0.25, 0.3) is 5.91 Å². The summed E-state index contributed by atoms with van der Waals surface area (Å²) in [6.07, 6.45) is 3.06. The smallest absolute Gasteiger partial charge is 0.250 e. The molecule has 0 heterocycles. The van der Waals surface area contributed by atoms with Crippen LogP contribution in [0.25, 0.3) is 6.08 Å². The van der Waals surface area contributed by atoms with Crippen molar-refractivity contribution in [2.45, 2.75) is 6.92 Å². The molecule has 0 atom stereocenters. The van der Waals surface area contributed by atoms with Crippen molar-refractivity contribution in [3.05, 3.63) is 42.0 Å². The molecule has 0 saturated heterocycles. The Bertz CT molecular complexity index is 413. The Morgan fingerprint density at radius 3 is 2.82 bits per heavy atom. The van der Waals surface area contributed by atoms with Crippen molar-refractivity contribution in [1.29, 1.82) is 0 Å². The maximum Gasteiger partial charge on any atom is 0.250 e. The molecule has 0 unspecified atom stereocenters. The van der Waals surface area contributed by atoms with E-state index in [9.17, 15) is 4.79 Å². The Morgan fingerprint density at radius 1 is 1.47 bits per heavy atom. The van der Waals surface area contributed by atoms with E-state index in [2.05, 4.69) is 15.3 Å². The second-order valence-corrected chi connectivity index (χ2v) is 3.13. The van der Waals surface area contributed by atoms with Crippen LogP contribution in [0.2, 0.25) is 0 Å². The predicted molar refractivity (Wildman–Crippen MR) is 66.9 cm³/mol. The van der Waals surface area contributed by atoms with Crippen LogP contribution >= 0.6 is 0 Å². The van der Waals surface area contributed by atoms with Gasteiger partial charge in [-0.05, 0) is 23.7 Å². The molecule has 1 aromatic carbocycles. The normalized spacial score (nSPS) is 11.5. The van der Waals surface area contributed by atoms with Gasteiger partial charge in [-0.3, -0.25) is 10.1 Å². The summed E-state index contributed by atoms with van der Waals surface area (Å²) in [7, 11) is 0. The molecule has 1 amide bonds. The van der Waals surface area contributed by atoms with Crippen LogP contribution in [0.15, 0.2) is 41.6 Å². The summed E-state index contributed by atoms with van der Waals surface area (Å²) in [6.45, 7) is 2.17. The van der Waals surface area contributed by atoms with Crippen molar-refractivity contribution in [2.24, 2.45) is 10.9 Å². The monoisotopic (exact) mass is 233 g/mol. The lowest BCUT2D eigenvalue weighted by Gasteiger charge is -2.00. The van der Waals surface area contributed by atoms with Gasteiger partial charge in [0, 0.05) is 6.08 Å². The van der Waals surface area contributed by atoms with E-state index >= 15 is 0 Å². The molecular formula is C12H15N3O2. The van der Waals surface area contributed by atoms with Crippen molar-refractivity contribution < 1.29 is 9.63 Å². The van der Waals surface area contributed by atoms with Crippen LogP contribution in [0.4, 0.5) is 0 Å². The van der Waals surface area contributed by atoms with E-state index in [4.69, 9.17) is 5.73 Å². The van der Waals surface area contributed by atoms with Gasteiger partial charge in [0.1, 0.15) is 6.61 Å². The van der Waals surface area contributed by atoms with Gasteiger partial charge >= 0.3 is 0 Å². The molecule has 5 nitrogen and oxygen atoms in total. The minimum atomic E-state index is -0.352. The number of benzene rings is 1. The molecule has 0 aliphatic heterocycles. The molecule has 0 bridgehead atoms.